The van der Waals surface area contributed by atoms with Crippen LogP contribution in [0, 0.1) is 0 Å². The zero-order valence-electron chi connectivity index (χ0n) is 11.6. The maximum atomic E-state index is 11.4. The van der Waals surface area contributed by atoms with Crippen LogP contribution in [0.1, 0.15) is 40.0 Å². The number of rotatable bonds is 8. The quantitative estimate of drug-likeness (QED) is 0.289. The van der Waals surface area contributed by atoms with Crippen molar-refractivity contribution in [1.82, 2.24) is 0 Å². The van der Waals surface area contributed by atoms with Crippen LogP contribution in [0.25, 0.3) is 0 Å². The number of aliphatic hydroxyl groups excluding tert-OH is 3. The third-order valence-electron chi connectivity index (χ3n) is 3.64. The molecule has 0 aliphatic rings. The number of nitrogens with two attached hydrogens (primary N) is 1. The summed E-state index contributed by atoms with van der Waals surface area (Å²) < 4.78 is 0. The van der Waals surface area contributed by atoms with E-state index in [1.165, 1.54) is 6.92 Å². The van der Waals surface area contributed by atoms with Crippen LogP contribution in [0.5, 0.6) is 0 Å². The molecule has 0 aromatic carbocycles. The molecule has 7 N–H and O–H groups in total. The topological polar surface area (TPSA) is 144 Å². The van der Waals surface area contributed by atoms with E-state index in [0.29, 0.717) is 0 Å². The lowest BCUT2D eigenvalue weighted by Crippen LogP contribution is -2.65. The molecule has 0 aliphatic carbocycles. The normalized spacial score (nSPS) is 20.5. The van der Waals surface area contributed by atoms with Crippen molar-refractivity contribution in [1.29, 1.82) is 0 Å². The van der Waals surface area contributed by atoms with Crippen LogP contribution in [0.2, 0.25) is 0 Å². The largest absolute Gasteiger partial charge is 0.387 e. The molecule has 0 aromatic heterocycles. The molecule has 0 rings (SSSR count). The first-order valence-electron chi connectivity index (χ1n) is 6.39. The number of aliphatic hydroxyl groups is 5. The van der Waals surface area contributed by atoms with Crippen molar-refractivity contribution in [3.05, 3.63) is 0 Å². The molecule has 0 aromatic rings. The van der Waals surface area contributed by atoms with Gasteiger partial charge >= 0.3 is 0 Å². The van der Waals surface area contributed by atoms with Gasteiger partial charge in [-0.3, -0.25) is 10.5 Å². The maximum Gasteiger partial charge on any atom is 0.202 e. The Bertz CT molecular complexity index is 303. The molecule has 4 atom stereocenters. The summed E-state index contributed by atoms with van der Waals surface area (Å²) in [4.78, 5) is 11.4. The minimum atomic E-state index is -2.67. The van der Waals surface area contributed by atoms with Gasteiger partial charge < -0.3 is 25.5 Å². The Kier molecular flexibility index (Phi) is 6.53. The standard InChI is InChI=1S/C12H25NO6/c1-4-7(14)12(13,19)10(17)8(15)9(16)11(18,5-2)6-3/h8-10,15-19H,4-6,13H2,1-3H3/t8-,9+,10+,12+/m1/s1. The second-order valence-electron chi connectivity index (χ2n) is 4.79. The first kappa shape index (κ1) is 18.4. The van der Waals surface area contributed by atoms with Gasteiger partial charge in [-0.2, -0.15) is 0 Å². The Balaban J connectivity index is 5.10. The predicted octanol–water partition coefficient (Wildman–Crippen LogP) is -1.75. The summed E-state index contributed by atoms with van der Waals surface area (Å²) in [6.07, 6.45) is -5.68. The van der Waals surface area contributed by atoms with Gasteiger partial charge in [-0.05, 0) is 12.8 Å². The third-order valence-corrected chi connectivity index (χ3v) is 3.64. The molecule has 0 unspecified atom stereocenters. The Morgan fingerprint density at radius 2 is 1.47 bits per heavy atom. The summed E-state index contributed by atoms with van der Waals surface area (Å²) in [5.74, 6) is -0.872. The van der Waals surface area contributed by atoms with E-state index in [0.717, 1.165) is 0 Å². The fourth-order valence-corrected chi connectivity index (χ4v) is 1.87. The molecule has 7 heteroatoms. The van der Waals surface area contributed by atoms with Gasteiger partial charge in [0.2, 0.25) is 5.72 Å². The van der Waals surface area contributed by atoms with Gasteiger partial charge in [0, 0.05) is 6.42 Å². The van der Waals surface area contributed by atoms with Crippen molar-refractivity contribution in [2.45, 2.75) is 69.7 Å². The highest BCUT2D eigenvalue weighted by atomic mass is 16.4. The zero-order valence-corrected chi connectivity index (χ0v) is 11.6. The van der Waals surface area contributed by atoms with E-state index in [-0.39, 0.29) is 19.3 Å². The lowest BCUT2D eigenvalue weighted by Gasteiger charge is -2.38. The van der Waals surface area contributed by atoms with Gasteiger partial charge in [-0.25, -0.2) is 0 Å². The molecular formula is C12H25NO6. The summed E-state index contributed by atoms with van der Waals surface area (Å²) >= 11 is 0. The molecule has 114 valence electrons. The van der Waals surface area contributed by atoms with E-state index in [1.807, 2.05) is 0 Å². The van der Waals surface area contributed by atoms with Crippen LogP contribution in [0.15, 0.2) is 0 Å². The Morgan fingerprint density at radius 1 is 1.05 bits per heavy atom. The number of carbonyl (C=O) groups is 1. The van der Waals surface area contributed by atoms with Crippen LogP contribution in [0.3, 0.4) is 0 Å². The fourth-order valence-electron chi connectivity index (χ4n) is 1.87. The second kappa shape index (κ2) is 6.74. The number of Topliss-reactive ketones (excluding diaryl/α,β-unsaturated/α-hetero) is 1. The molecule has 7 nitrogen and oxygen atoms in total. The molecule has 19 heavy (non-hydrogen) atoms. The molecule has 0 amide bonds. The van der Waals surface area contributed by atoms with Gasteiger partial charge in [-0.15, -0.1) is 0 Å². The van der Waals surface area contributed by atoms with Crippen molar-refractivity contribution in [2.75, 3.05) is 0 Å². The van der Waals surface area contributed by atoms with Crippen molar-refractivity contribution in [2.24, 2.45) is 5.73 Å². The van der Waals surface area contributed by atoms with E-state index < -0.39 is 35.4 Å². The van der Waals surface area contributed by atoms with Crippen molar-refractivity contribution in [3.63, 3.8) is 0 Å². The second-order valence-corrected chi connectivity index (χ2v) is 4.79. The van der Waals surface area contributed by atoms with Crippen LogP contribution in [0.4, 0.5) is 0 Å². The lowest BCUT2D eigenvalue weighted by molar-refractivity contribution is -0.195. The molecule has 0 saturated heterocycles. The third kappa shape index (κ3) is 3.71. The van der Waals surface area contributed by atoms with Gasteiger partial charge in [-0.1, -0.05) is 20.8 Å². The maximum absolute atomic E-state index is 11.4. The van der Waals surface area contributed by atoms with Gasteiger partial charge in [0.25, 0.3) is 0 Å². The highest BCUT2D eigenvalue weighted by molar-refractivity contribution is 5.86. The van der Waals surface area contributed by atoms with Crippen LogP contribution in [-0.4, -0.2) is 61.0 Å². The highest BCUT2D eigenvalue weighted by Gasteiger charge is 2.48. The van der Waals surface area contributed by atoms with Gasteiger partial charge in [0.15, 0.2) is 5.78 Å². The number of carbonyl (C=O) groups excluding carboxylic acids is 1. The molecule has 0 spiro atoms. The Morgan fingerprint density at radius 3 is 1.79 bits per heavy atom. The summed E-state index contributed by atoms with van der Waals surface area (Å²) in [7, 11) is 0. The lowest BCUT2D eigenvalue weighted by atomic mass is 9.83. The van der Waals surface area contributed by atoms with E-state index in [1.54, 1.807) is 13.8 Å². The Labute approximate surface area is 112 Å². The van der Waals surface area contributed by atoms with Crippen LogP contribution >= 0.6 is 0 Å². The number of hydrogen-bond acceptors (Lipinski definition) is 7. The van der Waals surface area contributed by atoms with Crippen molar-refractivity contribution in [3.8, 4) is 0 Å². The molecule has 0 saturated carbocycles. The summed E-state index contributed by atoms with van der Waals surface area (Å²) in [5.41, 5.74) is 0.980. The predicted molar refractivity (Wildman–Crippen MR) is 68.0 cm³/mol. The van der Waals surface area contributed by atoms with E-state index in [9.17, 15) is 30.3 Å². The van der Waals surface area contributed by atoms with Crippen LogP contribution < -0.4 is 5.73 Å². The molecular weight excluding hydrogens is 254 g/mol. The summed E-state index contributed by atoms with van der Waals surface area (Å²) in [5, 5.41) is 49.2. The highest BCUT2D eigenvalue weighted by Crippen LogP contribution is 2.25. The monoisotopic (exact) mass is 279 g/mol. The first-order chi connectivity index (χ1) is 8.58. The van der Waals surface area contributed by atoms with Crippen molar-refractivity contribution < 1.29 is 30.3 Å². The van der Waals surface area contributed by atoms with E-state index in [4.69, 9.17) is 5.73 Å². The van der Waals surface area contributed by atoms with Gasteiger partial charge in [0.05, 0.1) is 5.60 Å². The Hall–Kier alpha value is -0.570. The number of hydrogen-bond donors (Lipinski definition) is 6. The first-order valence-corrected chi connectivity index (χ1v) is 6.39. The SMILES string of the molecule is CCC(=O)[C@](N)(O)[C@@H](O)[C@H](O)[C@H](O)C(O)(CC)CC. The molecule has 0 aliphatic heterocycles. The minimum Gasteiger partial charge on any atom is -0.387 e. The molecule has 0 fully saturated rings. The summed E-state index contributed by atoms with van der Waals surface area (Å²) in [6.45, 7) is 4.62. The minimum absolute atomic E-state index is 0.124. The van der Waals surface area contributed by atoms with Gasteiger partial charge in [0.1, 0.15) is 18.3 Å². The molecule has 0 bridgehead atoms. The van der Waals surface area contributed by atoms with Crippen molar-refractivity contribution >= 4 is 5.78 Å². The average Bonchev–Trinajstić information content (AvgIpc) is 2.42. The molecule has 0 radical (unpaired) electrons. The smallest absolute Gasteiger partial charge is 0.202 e. The van der Waals surface area contributed by atoms with E-state index in [2.05, 4.69) is 0 Å². The van der Waals surface area contributed by atoms with Crippen LogP contribution in [-0.2, 0) is 4.79 Å². The summed E-state index contributed by atoms with van der Waals surface area (Å²) in [6, 6.07) is 0. The number of ketones is 1. The average molecular weight is 279 g/mol. The fraction of sp³-hybridized carbons (Fsp3) is 0.917. The zero-order chi connectivity index (χ0) is 15.4. The molecule has 0 heterocycles. The van der Waals surface area contributed by atoms with E-state index >= 15 is 0 Å².